The second-order valence-electron chi connectivity index (χ2n) is 38.6. The van der Waals surface area contributed by atoms with E-state index in [4.69, 9.17) is 0 Å². The van der Waals surface area contributed by atoms with Crippen LogP contribution in [0.1, 0.15) is 0 Å². The van der Waals surface area contributed by atoms with E-state index in [9.17, 15) is 0 Å². The van der Waals surface area contributed by atoms with Gasteiger partial charge in [-0.05, 0) is 256 Å². The fraction of sp³-hybridized carbons (Fsp3) is 0. The Bertz CT molecular complexity index is 10500. The van der Waals surface area contributed by atoms with Crippen molar-refractivity contribution in [1.82, 2.24) is 36.5 Å². The summed E-state index contributed by atoms with van der Waals surface area (Å²) in [6, 6.07) is 196. The average molecular weight is 1860 g/mol. The van der Waals surface area contributed by atoms with Gasteiger partial charge in [-0.25, -0.2) is 0 Å². The van der Waals surface area contributed by atoms with Gasteiger partial charge in [0.15, 0.2) is 0 Å². The Kier molecular flexibility index (Phi) is 18.6. The van der Waals surface area contributed by atoms with Crippen molar-refractivity contribution in [1.29, 1.82) is 0 Å². The summed E-state index contributed by atoms with van der Waals surface area (Å²) < 4.78 is 19.7. The van der Waals surface area contributed by atoms with Crippen LogP contribution in [0.2, 0.25) is 0 Å². The minimum Gasteiger partial charge on any atom is -0.309 e. The molecule has 0 aliphatic heterocycles. The fourth-order valence-electron chi connectivity index (χ4n) is 24.2. The van der Waals surface area contributed by atoms with E-state index in [-0.39, 0.29) is 0 Å². The second-order valence-corrected chi connectivity index (χ2v) is 38.6. The van der Waals surface area contributed by atoms with Gasteiger partial charge in [0.1, 0.15) is 0 Å². The molecule has 0 spiro atoms. The highest BCUT2D eigenvalue weighted by atomic mass is 15.1. The maximum atomic E-state index is 2.54. The van der Waals surface area contributed by atoms with Crippen LogP contribution in [0, 0.1) is 0 Å². The highest BCUT2D eigenvalue weighted by Crippen LogP contribution is 2.50. The molecule has 31 rings (SSSR count). The molecule has 0 N–H and O–H groups in total. The molecule has 0 saturated carbocycles. The third-order valence-electron chi connectivity index (χ3n) is 30.7. The third kappa shape index (κ3) is 12.8. The van der Waals surface area contributed by atoms with Crippen LogP contribution in [0.3, 0.4) is 0 Å². The zero-order chi connectivity index (χ0) is 95.7. The lowest BCUT2D eigenvalue weighted by Gasteiger charge is -2.17. The molecule has 8 heteroatoms. The lowest BCUT2D eigenvalue weighted by molar-refractivity contribution is 1.13. The number of fused-ring (bicyclic) bond motifs is 24. The molecule has 0 atom stereocenters. The number of hydrogen-bond acceptors (Lipinski definition) is 0. The summed E-state index contributed by atoms with van der Waals surface area (Å²) in [6.07, 6.45) is 0. The lowest BCUT2D eigenvalue weighted by atomic mass is 9.99. The first-order valence-electron chi connectivity index (χ1n) is 50.3. The summed E-state index contributed by atoms with van der Waals surface area (Å²) in [7, 11) is 0. The molecule has 146 heavy (non-hydrogen) atoms. The van der Waals surface area contributed by atoms with Gasteiger partial charge in [0.25, 0.3) is 0 Å². The summed E-state index contributed by atoms with van der Waals surface area (Å²) in [5, 5.41) is 19.6. The molecule has 31 aromatic rings. The van der Waals surface area contributed by atoms with E-state index in [0.29, 0.717) is 0 Å². The van der Waals surface area contributed by atoms with Crippen LogP contribution in [0.15, 0.2) is 534 Å². The Morgan fingerprint density at radius 2 is 0.267 bits per heavy atom. The monoisotopic (exact) mass is 1860 g/mol. The van der Waals surface area contributed by atoms with Gasteiger partial charge in [-0.3, -0.25) is 0 Å². The molecule has 0 radical (unpaired) electrons. The number of hydrogen-bond donors (Lipinski definition) is 0. The predicted molar refractivity (Wildman–Crippen MR) is 615 cm³/mol. The molecule has 0 bridgehead atoms. The Labute approximate surface area is 839 Å². The van der Waals surface area contributed by atoms with E-state index < -0.39 is 0 Å². The SMILES string of the molecule is c1ccc(-c2ccc3c(c2)c2cc(-n4c5ccc(-c6ccccc6)cc5c5cc(-c6ccc(-n7c8ccccc8c8ccccc87)cc6)cc(-n6c7ccccc7c7ccccc76)c54)ccc2n3-c2ccccc2)cc1.c1ccc(-c2ccc3c(c2)c2cc(-n4c5ccccc5c5cc(-c6ccc(-n7c8ccccc8c8ccccc87)cc6)cc(-n6c7ccccc7c7ccccc76)c54)ccc2n3-c2ccccc2)cc1. The first-order chi connectivity index (χ1) is 72.5. The van der Waals surface area contributed by atoms with Crippen LogP contribution < -0.4 is 0 Å². The van der Waals surface area contributed by atoms with Gasteiger partial charge in [0.2, 0.25) is 0 Å². The molecule has 23 aromatic carbocycles. The molecule has 0 fully saturated rings. The van der Waals surface area contributed by atoms with Gasteiger partial charge in [-0.1, -0.05) is 334 Å². The Morgan fingerprint density at radius 1 is 0.0890 bits per heavy atom. The van der Waals surface area contributed by atoms with Crippen LogP contribution in [-0.2, 0) is 0 Å². The Morgan fingerprint density at radius 3 is 0.562 bits per heavy atom. The van der Waals surface area contributed by atoms with E-state index in [1.807, 2.05) is 0 Å². The molecule has 0 unspecified atom stereocenters. The smallest absolute Gasteiger partial charge is 0.0782 e. The van der Waals surface area contributed by atoms with Gasteiger partial charge in [0.05, 0.1) is 99.6 Å². The fourth-order valence-corrected chi connectivity index (χ4v) is 24.2. The number of benzene rings is 23. The van der Waals surface area contributed by atoms with Crippen molar-refractivity contribution in [3.63, 3.8) is 0 Å². The van der Waals surface area contributed by atoms with Crippen molar-refractivity contribution in [3.05, 3.63) is 534 Å². The predicted octanol–water partition coefficient (Wildman–Crippen LogP) is 36.5. The molecule has 0 aliphatic carbocycles. The first-order valence-corrected chi connectivity index (χ1v) is 50.3. The molecule has 8 aromatic heterocycles. The largest absolute Gasteiger partial charge is 0.309 e. The van der Waals surface area contributed by atoms with Crippen LogP contribution in [0.4, 0.5) is 0 Å². The summed E-state index contributed by atoms with van der Waals surface area (Å²) in [5.74, 6) is 0. The van der Waals surface area contributed by atoms with Crippen LogP contribution in [-0.4, -0.2) is 36.5 Å². The summed E-state index contributed by atoms with van der Waals surface area (Å²) in [6.45, 7) is 0. The van der Waals surface area contributed by atoms with Crippen LogP contribution in [0.5, 0.6) is 0 Å². The van der Waals surface area contributed by atoms with Crippen molar-refractivity contribution >= 4 is 174 Å². The van der Waals surface area contributed by atoms with Gasteiger partial charge in [-0.15, -0.1) is 0 Å². The van der Waals surface area contributed by atoms with E-state index in [0.717, 1.165) is 95.3 Å². The minimum absolute atomic E-state index is 1.10. The topological polar surface area (TPSA) is 39.4 Å². The molecule has 680 valence electrons. The maximum absolute atomic E-state index is 2.54. The number of rotatable bonds is 13. The van der Waals surface area contributed by atoms with E-state index in [1.54, 1.807) is 0 Å². The molecular formula is C138H88N8. The van der Waals surface area contributed by atoms with Gasteiger partial charge in [-0.2, -0.15) is 0 Å². The van der Waals surface area contributed by atoms with Crippen molar-refractivity contribution < 1.29 is 0 Å². The minimum atomic E-state index is 1.10. The molecule has 8 heterocycles. The number of aromatic nitrogens is 8. The zero-order valence-corrected chi connectivity index (χ0v) is 79.4. The summed E-state index contributed by atoms with van der Waals surface area (Å²) >= 11 is 0. The molecule has 8 nitrogen and oxygen atoms in total. The van der Waals surface area contributed by atoms with Gasteiger partial charge >= 0.3 is 0 Å². The highest BCUT2D eigenvalue weighted by molar-refractivity contribution is 6.22. The molecule has 0 amide bonds. The van der Waals surface area contributed by atoms with Crippen molar-refractivity contribution in [2.75, 3.05) is 0 Å². The summed E-state index contributed by atoms with van der Waals surface area (Å²) in [5.41, 5.74) is 39.6. The lowest BCUT2D eigenvalue weighted by Crippen LogP contribution is -2.01. The van der Waals surface area contributed by atoms with E-state index >= 15 is 0 Å². The Hall–Kier alpha value is -19.5. The van der Waals surface area contributed by atoms with Gasteiger partial charge < -0.3 is 36.5 Å². The van der Waals surface area contributed by atoms with E-state index in [2.05, 4.69) is 570 Å². The Balaban J connectivity index is 0.000000136. The van der Waals surface area contributed by atoms with Crippen molar-refractivity contribution in [2.45, 2.75) is 0 Å². The van der Waals surface area contributed by atoms with E-state index in [1.165, 1.54) is 180 Å². The van der Waals surface area contributed by atoms with Crippen molar-refractivity contribution in [3.8, 4) is 101 Å². The molecule has 0 aliphatic rings. The van der Waals surface area contributed by atoms with Gasteiger partial charge in [0, 0.05) is 120 Å². The van der Waals surface area contributed by atoms with Crippen molar-refractivity contribution in [2.24, 2.45) is 0 Å². The third-order valence-corrected chi connectivity index (χ3v) is 30.7. The second kappa shape index (κ2) is 33.1. The molecule has 0 saturated heterocycles. The number of para-hydroxylation sites is 11. The quantitative estimate of drug-likeness (QED) is 0.110. The molecular weight excluding hydrogens is 1770 g/mol. The van der Waals surface area contributed by atoms with Crippen LogP contribution in [0.25, 0.3) is 276 Å². The maximum Gasteiger partial charge on any atom is 0.0782 e. The number of nitrogens with zero attached hydrogens (tertiary/aromatic N) is 8. The normalized spacial score (nSPS) is 12.0. The average Bonchev–Trinajstić information content (AvgIpc) is 1.55. The van der Waals surface area contributed by atoms with Crippen LogP contribution >= 0.6 is 0 Å². The standard InChI is InChI=1S/C72H46N4.C66H42N4/c1-4-18-47(19-5-1)50-34-39-68-60(42-50)62-46-55(38-41-69(62)73(68)53-22-8-3-9-23-53)75-70-40-35-51(48-20-6-2-7-21-48)43-61(70)63-44-52(45-71(72(63)75)76-66-30-16-12-26-58(66)59-27-13-17-31-67(59)76)49-32-36-54(37-33-49)74-64-28-14-10-24-56(64)57-25-11-15-29-65(57)74;1-3-17-43(18-4-1)45-33-37-63-55(39-45)56-42-49(36-38-64(56)67(63)47-19-5-2-6-20-47)69-60-28-14-11-25-54(60)57-40-46(41-65(66(57)69)70-61-29-15-9-23-52(61)53-24-10-16-30-62(53)70)44-31-34-48(35-32-44)68-58-26-12-7-21-50(58)51-22-8-13-27-59(51)68/h1-46H;1-42H. The summed E-state index contributed by atoms with van der Waals surface area (Å²) in [4.78, 5) is 0. The first kappa shape index (κ1) is 82.4. The highest BCUT2D eigenvalue weighted by Gasteiger charge is 2.29. The zero-order valence-electron chi connectivity index (χ0n) is 79.4.